The van der Waals surface area contributed by atoms with Gasteiger partial charge in [0.2, 0.25) is 0 Å². The third-order valence-corrected chi connectivity index (χ3v) is 2.65. The van der Waals surface area contributed by atoms with Gasteiger partial charge in [0.05, 0.1) is 24.9 Å². The van der Waals surface area contributed by atoms with Crippen LogP contribution in [-0.2, 0) is 6.61 Å². The lowest BCUT2D eigenvalue weighted by molar-refractivity contribution is 0.0241. The lowest BCUT2D eigenvalue weighted by Crippen LogP contribution is -2.21. The molecule has 82 valence electrons. The number of thiazole rings is 1. The van der Waals surface area contributed by atoms with E-state index in [1.165, 1.54) is 0 Å². The molecule has 0 aliphatic carbocycles. The molecule has 0 aromatic carbocycles. The molecule has 7 nitrogen and oxygen atoms in total. The van der Waals surface area contributed by atoms with Gasteiger partial charge in [0.25, 0.3) is 0 Å². The highest BCUT2D eigenvalue weighted by Crippen LogP contribution is 2.21. The summed E-state index contributed by atoms with van der Waals surface area (Å²) >= 11 is 1.13. The third kappa shape index (κ3) is 3.15. The summed E-state index contributed by atoms with van der Waals surface area (Å²) in [5, 5.41) is 32.7. The van der Waals surface area contributed by atoms with E-state index in [0.29, 0.717) is 10.7 Å². The highest BCUT2D eigenvalue weighted by atomic mass is 32.1. The van der Waals surface area contributed by atoms with E-state index in [1.807, 2.05) is 0 Å². The molecule has 0 radical (unpaired) electrons. The molecular weight excluding hydrogens is 220 g/mol. The van der Waals surface area contributed by atoms with Crippen molar-refractivity contribution in [3.8, 4) is 0 Å². The van der Waals surface area contributed by atoms with Crippen LogP contribution in [0.4, 0.5) is 0 Å². The lowest BCUT2D eigenvalue weighted by Gasteiger charge is -2.12. The highest BCUT2D eigenvalue weighted by molar-refractivity contribution is 7.09. The molecule has 15 heavy (non-hydrogen) atoms. The summed E-state index contributed by atoms with van der Waals surface area (Å²) < 4.78 is 0. The summed E-state index contributed by atoms with van der Waals surface area (Å²) in [6.45, 7) is -0.429. The smallest absolute Gasteiger partial charge is 0.131 e. The van der Waals surface area contributed by atoms with Crippen molar-refractivity contribution < 1.29 is 15.3 Å². The number of azide groups is 1. The minimum atomic E-state index is -1.19. The second-order valence-corrected chi connectivity index (χ2v) is 3.65. The van der Waals surface area contributed by atoms with Gasteiger partial charge in [0.15, 0.2) is 0 Å². The summed E-state index contributed by atoms with van der Waals surface area (Å²) in [5.41, 5.74) is 8.46. The van der Waals surface area contributed by atoms with Crippen molar-refractivity contribution in [3.63, 3.8) is 0 Å². The quantitative estimate of drug-likeness (QED) is 0.383. The molecule has 0 spiro atoms. The number of rotatable bonds is 5. The van der Waals surface area contributed by atoms with Crippen LogP contribution in [0, 0.1) is 0 Å². The van der Waals surface area contributed by atoms with Gasteiger partial charge < -0.3 is 15.3 Å². The fourth-order valence-corrected chi connectivity index (χ4v) is 1.77. The topological polar surface area (TPSA) is 122 Å². The molecule has 0 aliphatic rings. The van der Waals surface area contributed by atoms with Gasteiger partial charge in [-0.2, -0.15) is 0 Å². The van der Waals surface area contributed by atoms with Crippen LogP contribution in [0.15, 0.2) is 10.5 Å². The Morgan fingerprint density at radius 2 is 2.33 bits per heavy atom. The van der Waals surface area contributed by atoms with E-state index in [-0.39, 0.29) is 13.2 Å². The first kappa shape index (κ1) is 11.9. The van der Waals surface area contributed by atoms with E-state index in [4.69, 9.17) is 10.6 Å². The van der Waals surface area contributed by atoms with Gasteiger partial charge in [-0.1, -0.05) is 5.11 Å². The Hall–Kier alpha value is -1.18. The number of nitrogens with zero attached hydrogens (tertiary/aromatic N) is 4. The summed E-state index contributed by atoms with van der Waals surface area (Å²) in [7, 11) is 0. The lowest BCUT2D eigenvalue weighted by atomic mass is 10.2. The minimum Gasteiger partial charge on any atom is -0.390 e. The molecule has 1 aromatic heterocycles. The zero-order valence-corrected chi connectivity index (χ0v) is 8.50. The zero-order chi connectivity index (χ0) is 11.3. The number of hydrogen-bond acceptors (Lipinski definition) is 6. The Kier molecular flexibility index (Phi) is 4.47. The molecule has 0 amide bonds. The van der Waals surface area contributed by atoms with Gasteiger partial charge in [-0.3, -0.25) is 0 Å². The second-order valence-electron chi connectivity index (χ2n) is 2.76. The van der Waals surface area contributed by atoms with Crippen LogP contribution in [-0.4, -0.2) is 33.0 Å². The average Bonchev–Trinajstić information content (AvgIpc) is 2.73. The summed E-state index contributed by atoms with van der Waals surface area (Å²) in [4.78, 5) is 6.35. The molecule has 1 heterocycles. The first-order chi connectivity index (χ1) is 7.19. The first-order valence-electron chi connectivity index (χ1n) is 4.11. The number of aromatic nitrogens is 1. The molecule has 0 saturated carbocycles. The summed E-state index contributed by atoms with van der Waals surface area (Å²) in [6, 6.07) is 0. The molecule has 0 aliphatic heterocycles. The van der Waals surface area contributed by atoms with E-state index >= 15 is 0 Å². The predicted molar refractivity (Wildman–Crippen MR) is 53.0 cm³/mol. The van der Waals surface area contributed by atoms with Crippen molar-refractivity contribution in [1.82, 2.24) is 4.98 Å². The highest BCUT2D eigenvalue weighted by Gasteiger charge is 2.20. The summed E-state index contributed by atoms with van der Waals surface area (Å²) in [6.07, 6.45) is -2.38. The molecule has 0 bridgehead atoms. The van der Waals surface area contributed by atoms with Crippen LogP contribution in [0.5, 0.6) is 0 Å². The van der Waals surface area contributed by atoms with E-state index < -0.39 is 12.2 Å². The molecule has 1 aromatic rings. The average molecular weight is 230 g/mol. The Labute approximate surface area is 89.3 Å². The molecule has 2 unspecified atom stereocenters. The van der Waals surface area contributed by atoms with E-state index in [0.717, 1.165) is 11.3 Å². The Morgan fingerprint density at radius 3 is 2.87 bits per heavy atom. The van der Waals surface area contributed by atoms with Gasteiger partial charge >= 0.3 is 0 Å². The van der Waals surface area contributed by atoms with Crippen LogP contribution in [0.25, 0.3) is 10.4 Å². The third-order valence-electron chi connectivity index (χ3n) is 1.68. The number of hydrogen-bond donors (Lipinski definition) is 3. The van der Waals surface area contributed by atoms with Crippen LogP contribution < -0.4 is 0 Å². The number of aliphatic hydroxyl groups excluding tert-OH is 3. The van der Waals surface area contributed by atoms with Gasteiger partial charge in [-0.25, -0.2) is 4.98 Å². The van der Waals surface area contributed by atoms with Crippen molar-refractivity contribution in [2.75, 3.05) is 6.54 Å². The standard InChI is InChI=1S/C7H10N4O3S/c8-11-9-1-5(13)6(14)7-10-4(2-12)3-15-7/h3,5-6,12-14H,1-2H2. The van der Waals surface area contributed by atoms with Gasteiger partial charge in [0.1, 0.15) is 11.1 Å². The summed E-state index contributed by atoms with van der Waals surface area (Å²) in [5.74, 6) is 0. The molecule has 0 fully saturated rings. The maximum Gasteiger partial charge on any atom is 0.131 e. The molecule has 8 heteroatoms. The van der Waals surface area contributed by atoms with Gasteiger partial charge in [0, 0.05) is 10.3 Å². The van der Waals surface area contributed by atoms with E-state index in [9.17, 15) is 10.2 Å². The fourth-order valence-electron chi connectivity index (χ4n) is 0.916. The van der Waals surface area contributed by atoms with Gasteiger partial charge in [-0.05, 0) is 5.53 Å². The fraction of sp³-hybridized carbons (Fsp3) is 0.571. The maximum absolute atomic E-state index is 9.56. The molecular formula is C7H10N4O3S. The predicted octanol–water partition coefficient (Wildman–Crippen LogP) is 0.340. The molecule has 0 saturated heterocycles. The van der Waals surface area contributed by atoms with Crippen LogP contribution >= 0.6 is 11.3 Å². The van der Waals surface area contributed by atoms with Crippen LogP contribution in [0.3, 0.4) is 0 Å². The normalized spacial score (nSPS) is 14.3. The SMILES string of the molecule is [N-]=[N+]=NCC(O)C(O)c1nc(CO)cs1. The van der Waals surface area contributed by atoms with Crippen LogP contribution in [0.1, 0.15) is 16.8 Å². The molecule has 1 rings (SSSR count). The minimum absolute atomic E-state index is 0.213. The monoisotopic (exact) mass is 230 g/mol. The molecule has 3 N–H and O–H groups in total. The van der Waals surface area contributed by atoms with Gasteiger partial charge in [-0.15, -0.1) is 11.3 Å². The van der Waals surface area contributed by atoms with Crippen molar-refractivity contribution in [2.24, 2.45) is 5.11 Å². The van der Waals surface area contributed by atoms with Crippen molar-refractivity contribution >= 4 is 11.3 Å². The van der Waals surface area contributed by atoms with Crippen LogP contribution in [0.2, 0.25) is 0 Å². The molecule has 2 atom stereocenters. The maximum atomic E-state index is 9.56. The Morgan fingerprint density at radius 1 is 1.60 bits per heavy atom. The second kappa shape index (κ2) is 5.64. The Balaban J connectivity index is 2.66. The first-order valence-corrected chi connectivity index (χ1v) is 4.99. The zero-order valence-electron chi connectivity index (χ0n) is 7.69. The van der Waals surface area contributed by atoms with E-state index in [1.54, 1.807) is 5.38 Å². The van der Waals surface area contributed by atoms with Crippen molar-refractivity contribution in [2.45, 2.75) is 18.8 Å². The Bertz CT molecular complexity index is 363. The van der Waals surface area contributed by atoms with Crippen molar-refractivity contribution in [1.29, 1.82) is 0 Å². The van der Waals surface area contributed by atoms with Crippen molar-refractivity contribution in [3.05, 3.63) is 26.5 Å². The largest absolute Gasteiger partial charge is 0.390 e. The van der Waals surface area contributed by atoms with E-state index in [2.05, 4.69) is 15.0 Å². The number of aliphatic hydroxyl groups is 3.